The topological polar surface area (TPSA) is 123 Å². The normalized spacial score (nSPS) is 11.9. The first-order valence-electron chi connectivity index (χ1n) is 7.90. The van der Waals surface area contributed by atoms with Crippen LogP contribution in [0.1, 0.15) is 16.3 Å². The lowest BCUT2D eigenvalue weighted by Crippen LogP contribution is -2.17. The summed E-state index contributed by atoms with van der Waals surface area (Å²) in [6.45, 7) is 3.70. The van der Waals surface area contributed by atoms with Crippen LogP contribution in [0, 0.1) is 13.8 Å². The molecule has 0 fully saturated rings. The molecule has 1 N–H and O–H groups in total. The molecule has 3 heterocycles. The minimum atomic E-state index is -3.84. The summed E-state index contributed by atoms with van der Waals surface area (Å²) in [5, 5.41) is 10.9. The van der Waals surface area contributed by atoms with Crippen LogP contribution < -0.4 is 5.56 Å². The summed E-state index contributed by atoms with van der Waals surface area (Å²) in [4.78, 5) is 20.7. The van der Waals surface area contributed by atoms with Gasteiger partial charge in [-0.1, -0.05) is 41.2 Å². The fourth-order valence-electron chi connectivity index (χ4n) is 2.51. The Kier molecular flexibility index (Phi) is 4.12. The van der Waals surface area contributed by atoms with Gasteiger partial charge in [0.25, 0.3) is 5.56 Å². The van der Waals surface area contributed by atoms with Gasteiger partial charge in [-0.25, -0.2) is 18.5 Å². The lowest BCUT2D eigenvalue weighted by molar-refractivity contribution is 0.586. The maximum absolute atomic E-state index is 12.7. The highest BCUT2D eigenvalue weighted by Gasteiger charge is 2.22. The molecule has 0 saturated heterocycles. The fraction of sp³-hybridized carbons (Fsp3) is 0.188. The quantitative estimate of drug-likeness (QED) is 0.549. The number of aromatic nitrogens is 6. The summed E-state index contributed by atoms with van der Waals surface area (Å²) in [5.74, 6) is -0.173. The van der Waals surface area contributed by atoms with E-state index in [0.29, 0.717) is 15.5 Å². The smallest absolute Gasteiger partial charge is 0.267 e. The molecule has 0 aliphatic heterocycles. The molecule has 0 aliphatic rings. The van der Waals surface area contributed by atoms with Crippen LogP contribution in [-0.4, -0.2) is 38.2 Å². The lowest BCUT2D eigenvalue weighted by atomic mass is 10.1. The standard InChI is InChI=1S/C16H14N6O3S2/c1-9-3-5-11(6-4-9)14-18-15(20-19-14)27(24,25)8-12-7-13(23)22-16(17-12)26-10(2)21-22/h3-7H,8H2,1-2H3,(H,18,19,20). The molecule has 9 nitrogen and oxygen atoms in total. The van der Waals surface area contributed by atoms with E-state index in [1.165, 1.54) is 17.4 Å². The number of fused-ring (bicyclic) bond motifs is 1. The molecule has 0 aliphatic carbocycles. The zero-order valence-electron chi connectivity index (χ0n) is 14.4. The van der Waals surface area contributed by atoms with Gasteiger partial charge in [0.15, 0.2) is 5.82 Å². The van der Waals surface area contributed by atoms with Crippen molar-refractivity contribution in [2.75, 3.05) is 0 Å². The van der Waals surface area contributed by atoms with Gasteiger partial charge in [-0.3, -0.25) is 4.79 Å². The van der Waals surface area contributed by atoms with Crippen LogP contribution in [0.25, 0.3) is 16.3 Å². The van der Waals surface area contributed by atoms with Crippen LogP contribution in [0.5, 0.6) is 0 Å². The van der Waals surface area contributed by atoms with Crippen molar-refractivity contribution in [3.8, 4) is 11.4 Å². The van der Waals surface area contributed by atoms with Crippen LogP contribution in [0.4, 0.5) is 0 Å². The van der Waals surface area contributed by atoms with Gasteiger partial charge in [-0.15, -0.1) is 0 Å². The Balaban J connectivity index is 1.66. The second kappa shape index (κ2) is 6.35. The number of rotatable bonds is 4. The Bertz CT molecular complexity index is 1300. The van der Waals surface area contributed by atoms with Crippen molar-refractivity contribution in [2.24, 2.45) is 0 Å². The molecule has 11 heteroatoms. The van der Waals surface area contributed by atoms with E-state index in [9.17, 15) is 13.2 Å². The van der Waals surface area contributed by atoms with Gasteiger partial charge < -0.3 is 0 Å². The third kappa shape index (κ3) is 3.38. The van der Waals surface area contributed by atoms with Gasteiger partial charge in [0.2, 0.25) is 20.0 Å². The number of nitrogens with zero attached hydrogens (tertiary/aromatic N) is 5. The number of hydrogen-bond donors (Lipinski definition) is 1. The molecule has 4 rings (SSSR count). The van der Waals surface area contributed by atoms with Crippen molar-refractivity contribution in [3.05, 3.63) is 57.0 Å². The van der Waals surface area contributed by atoms with Crippen molar-refractivity contribution in [1.82, 2.24) is 29.8 Å². The van der Waals surface area contributed by atoms with E-state index in [-0.39, 0.29) is 16.7 Å². The molecule has 27 heavy (non-hydrogen) atoms. The highest BCUT2D eigenvalue weighted by Crippen LogP contribution is 2.19. The summed E-state index contributed by atoms with van der Waals surface area (Å²) in [5.41, 5.74) is 1.49. The average molecular weight is 402 g/mol. The molecular formula is C16H14N6O3S2. The van der Waals surface area contributed by atoms with Crippen LogP contribution >= 0.6 is 11.3 Å². The number of nitrogens with one attached hydrogen (secondary N) is 1. The number of hydrogen-bond acceptors (Lipinski definition) is 8. The first-order valence-corrected chi connectivity index (χ1v) is 10.4. The Hall–Kier alpha value is -2.92. The van der Waals surface area contributed by atoms with Gasteiger partial charge in [0.05, 0.1) is 5.69 Å². The maximum Gasteiger partial charge on any atom is 0.275 e. The predicted octanol–water partition coefficient (Wildman–Crippen LogP) is 1.53. The molecule has 138 valence electrons. The molecule has 1 aromatic carbocycles. The van der Waals surface area contributed by atoms with Crippen molar-refractivity contribution in [1.29, 1.82) is 0 Å². The second-order valence-corrected chi connectivity index (χ2v) is 9.06. The monoisotopic (exact) mass is 402 g/mol. The van der Waals surface area contributed by atoms with E-state index < -0.39 is 21.1 Å². The summed E-state index contributed by atoms with van der Waals surface area (Å²) in [6, 6.07) is 8.59. The Morgan fingerprint density at radius 2 is 1.89 bits per heavy atom. The number of benzene rings is 1. The van der Waals surface area contributed by atoms with Gasteiger partial charge >= 0.3 is 0 Å². The predicted molar refractivity (Wildman–Crippen MR) is 99.3 cm³/mol. The Morgan fingerprint density at radius 3 is 2.63 bits per heavy atom. The van der Waals surface area contributed by atoms with Gasteiger partial charge in [-0.2, -0.15) is 19.7 Å². The molecule has 0 saturated carbocycles. The molecule has 4 aromatic rings. The zero-order chi connectivity index (χ0) is 19.2. The molecule has 0 unspecified atom stereocenters. The molecular weight excluding hydrogens is 388 g/mol. The zero-order valence-corrected chi connectivity index (χ0v) is 16.0. The summed E-state index contributed by atoms with van der Waals surface area (Å²) >= 11 is 1.21. The second-order valence-electron chi connectivity index (χ2n) is 5.99. The highest BCUT2D eigenvalue weighted by molar-refractivity contribution is 7.90. The number of aromatic amines is 1. The van der Waals surface area contributed by atoms with E-state index in [1.54, 1.807) is 6.92 Å². The van der Waals surface area contributed by atoms with Gasteiger partial charge in [-0.05, 0) is 13.8 Å². The summed E-state index contributed by atoms with van der Waals surface area (Å²) in [6.07, 6.45) is 0. The minimum Gasteiger partial charge on any atom is -0.267 e. The third-order valence-corrected chi connectivity index (χ3v) is 6.08. The van der Waals surface area contributed by atoms with E-state index in [2.05, 4.69) is 25.3 Å². The van der Waals surface area contributed by atoms with Crippen molar-refractivity contribution >= 4 is 26.1 Å². The number of aryl methyl sites for hydroxylation is 2. The van der Waals surface area contributed by atoms with Gasteiger partial charge in [0.1, 0.15) is 10.8 Å². The maximum atomic E-state index is 12.7. The fourth-order valence-corrected chi connectivity index (χ4v) is 4.36. The first-order chi connectivity index (χ1) is 12.8. The first kappa shape index (κ1) is 17.5. The summed E-state index contributed by atoms with van der Waals surface area (Å²) in [7, 11) is -3.84. The SMILES string of the molecule is Cc1ccc(-c2n[nH]c(S(=O)(=O)Cc3cc(=O)n4nc(C)sc4n3)n2)cc1. The van der Waals surface area contributed by atoms with Crippen LogP contribution in [0.3, 0.4) is 0 Å². The van der Waals surface area contributed by atoms with Crippen molar-refractivity contribution in [3.63, 3.8) is 0 Å². The Morgan fingerprint density at radius 1 is 1.15 bits per heavy atom. The molecule has 3 aromatic heterocycles. The van der Waals surface area contributed by atoms with E-state index >= 15 is 0 Å². The van der Waals surface area contributed by atoms with Crippen LogP contribution in [0.15, 0.2) is 40.3 Å². The van der Waals surface area contributed by atoms with Crippen molar-refractivity contribution in [2.45, 2.75) is 24.8 Å². The Labute approximate surface area is 157 Å². The lowest BCUT2D eigenvalue weighted by Gasteiger charge is -2.00. The highest BCUT2D eigenvalue weighted by atomic mass is 32.2. The van der Waals surface area contributed by atoms with E-state index in [4.69, 9.17) is 0 Å². The molecule has 0 bridgehead atoms. The number of sulfone groups is 1. The third-order valence-electron chi connectivity index (χ3n) is 3.81. The van der Waals surface area contributed by atoms with Gasteiger partial charge in [0, 0.05) is 11.6 Å². The molecule has 0 amide bonds. The van der Waals surface area contributed by atoms with Crippen LogP contribution in [0.2, 0.25) is 0 Å². The molecule has 0 atom stereocenters. The van der Waals surface area contributed by atoms with E-state index in [0.717, 1.165) is 10.1 Å². The molecule has 0 spiro atoms. The number of H-pyrrole nitrogens is 1. The van der Waals surface area contributed by atoms with E-state index in [1.807, 2.05) is 31.2 Å². The average Bonchev–Trinajstić information content (AvgIpc) is 3.22. The largest absolute Gasteiger partial charge is 0.275 e. The molecule has 0 radical (unpaired) electrons. The minimum absolute atomic E-state index is 0.136. The van der Waals surface area contributed by atoms with Crippen molar-refractivity contribution < 1.29 is 8.42 Å². The summed E-state index contributed by atoms with van der Waals surface area (Å²) < 4.78 is 26.5. The van der Waals surface area contributed by atoms with Crippen LogP contribution in [-0.2, 0) is 15.6 Å².